The van der Waals surface area contributed by atoms with E-state index in [2.05, 4.69) is 9.62 Å². The maximum atomic E-state index is 12.4. The van der Waals surface area contributed by atoms with Gasteiger partial charge in [0.2, 0.25) is 10.0 Å². The summed E-state index contributed by atoms with van der Waals surface area (Å²) in [6.07, 6.45) is 4.91. The van der Waals surface area contributed by atoms with E-state index in [0.29, 0.717) is 0 Å². The third kappa shape index (κ3) is 5.64. The summed E-state index contributed by atoms with van der Waals surface area (Å²) in [6.45, 7) is 3.39. The Bertz CT molecular complexity index is 993. The van der Waals surface area contributed by atoms with Crippen LogP contribution in [0.25, 0.3) is 0 Å². The minimum Gasteiger partial charge on any atom is -0.299 e. The first-order chi connectivity index (χ1) is 13.2. The Morgan fingerprint density at radius 3 is 1.89 bits per heavy atom. The van der Waals surface area contributed by atoms with E-state index in [0.717, 1.165) is 31.5 Å². The van der Waals surface area contributed by atoms with Crippen LogP contribution in [0.5, 0.6) is 0 Å². The van der Waals surface area contributed by atoms with Crippen molar-refractivity contribution in [3.8, 4) is 0 Å². The summed E-state index contributed by atoms with van der Waals surface area (Å²) in [6, 6.07) is 13.2. The fraction of sp³-hybridized carbons (Fsp3) is 0.400. The lowest BCUT2D eigenvalue weighted by atomic mass is 10.1. The normalized spacial score (nSPS) is 16.2. The molecule has 28 heavy (non-hydrogen) atoms. The Morgan fingerprint density at radius 2 is 1.32 bits per heavy atom. The van der Waals surface area contributed by atoms with E-state index in [1.165, 1.54) is 49.1 Å². The van der Waals surface area contributed by atoms with Gasteiger partial charge >= 0.3 is 0 Å². The molecular weight excluding hydrogens is 396 g/mol. The van der Waals surface area contributed by atoms with Crippen LogP contribution < -0.4 is 4.72 Å². The zero-order valence-electron chi connectivity index (χ0n) is 16.0. The number of likely N-dealkylation sites (tertiary alicyclic amines) is 1. The van der Waals surface area contributed by atoms with Gasteiger partial charge in [-0.2, -0.15) is 0 Å². The molecule has 0 aromatic heterocycles. The number of hydrogen-bond acceptors (Lipinski definition) is 5. The highest BCUT2D eigenvalue weighted by Gasteiger charge is 2.16. The predicted molar refractivity (Wildman–Crippen MR) is 109 cm³/mol. The van der Waals surface area contributed by atoms with Gasteiger partial charge in [0, 0.05) is 19.3 Å². The largest absolute Gasteiger partial charge is 0.299 e. The van der Waals surface area contributed by atoms with Gasteiger partial charge < -0.3 is 0 Å². The Morgan fingerprint density at radius 1 is 0.786 bits per heavy atom. The van der Waals surface area contributed by atoms with Gasteiger partial charge in [0.25, 0.3) is 0 Å². The van der Waals surface area contributed by atoms with E-state index < -0.39 is 19.9 Å². The molecule has 0 aliphatic carbocycles. The van der Waals surface area contributed by atoms with Crippen LogP contribution in [0, 0.1) is 0 Å². The number of nitrogens with one attached hydrogen (secondary N) is 1. The number of sulfonamides is 1. The SMILES string of the molecule is CS(=O)(=O)c1ccc(S(=O)(=O)NCc2ccc(CN3CCCCC3)cc2)cc1. The molecule has 0 unspecified atom stereocenters. The summed E-state index contributed by atoms with van der Waals surface area (Å²) >= 11 is 0. The van der Waals surface area contributed by atoms with E-state index in [4.69, 9.17) is 0 Å². The molecule has 8 heteroatoms. The van der Waals surface area contributed by atoms with Gasteiger partial charge in [0.1, 0.15) is 0 Å². The van der Waals surface area contributed by atoms with Gasteiger partial charge in [-0.25, -0.2) is 21.6 Å². The first kappa shape index (κ1) is 21.0. The van der Waals surface area contributed by atoms with Crippen molar-refractivity contribution < 1.29 is 16.8 Å². The zero-order valence-corrected chi connectivity index (χ0v) is 17.6. The van der Waals surface area contributed by atoms with Crippen molar-refractivity contribution in [3.05, 3.63) is 59.7 Å². The Kier molecular flexibility index (Phi) is 6.54. The summed E-state index contributed by atoms with van der Waals surface area (Å²) in [4.78, 5) is 2.58. The van der Waals surface area contributed by atoms with E-state index in [1.807, 2.05) is 24.3 Å². The van der Waals surface area contributed by atoms with E-state index in [9.17, 15) is 16.8 Å². The average Bonchev–Trinajstić information content (AvgIpc) is 2.68. The molecule has 0 amide bonds. The van der Waals surface area contributed by atoms with Crippen molar-refractivity contribution in [3.63, 3.8) is 0 Å². The highest BCUT2D eigenvalue weighted by Crippen LogP contribution is 2.16. The molecule has 3 rings (SSSR count). The molecule has 1 aliphatic rings. The minimum atomic E-state index is -3.71. The molecule has 1 heterocycles. The fourth-order valence-corrected chi connectivity index (χ4v) is 4.91. The second kappa shape index (κ2) is 8.73. The molecule has 152 valence electrons. The number of rotatable bonds is 7. The van der Waals surface area contributed by atoms with Crippen LogP contribution >= 0.6 is 0 Å². The summed E-state index contributed by atoms with van der Waals surface area (Å²) < 4.78 is 50.4. The zero-order chi connectivity index (χ0) is 20.2. The number of benzene rings is 2. The number of sulfone groups is 1. The van der Waals surface area contributed by atoms with Crippen LogP contribution in [0.4, 0.5) is 0 Å². The maximum absolute atomic E-state index is 12.4. The molecule has 1 saturated heterocycles. The molecule has 0 atom stereocenters. The Balaban J connectivity index is 1.59. The van der Waals surface area contributed by atoms with Crippen LogP contribution in [-0.2, 0) is 33.0 Å². The van der Waals surface area contributed by atoms with Crippen molar-refractivity contribution in [1.29, 1.82) is 0 Å². The molecule has 2 aromatic carbocycles. The van der Waals surface area contributed by atoms with Crippen LogP contribution in [-0.4, -0.2) is 41.1 Å². The third-order valence-electron chi connectivity index (χ3n) is 4.91. The number of piperidine rings is 1. The number of hydrogen-bond donors (Lipinski definition) is 1. The lowest BCUT2D eigenvalue weighted by molar-refractivity contribution is 0.221. The van der Waals surface area contributed by atoms with Gasteiger partial charge in [-0.15, -0.1) is 0 Å². The quantitative estimate of drug-likeness (QED) is 0.741. The van der Waals surface area contributed by atoms with Gasteiger partial charge in [0.15, 0.2) is 9.84 Å². The average molecular weight is 423 g/mol. The molecule has 0 spiro atoms. The number of nitrogens with zero attached hydrogens (tertiary/aromatic N) is 1. The summed E-state index contributed by atoms with van der Waals surface area (Å²) in [7, 11) is -7.06. The molecule has 1 N–H and O–H groups in total. The van der Waals surface area contributed by atoms with Gasteiger partial charge in [-0.3, -0.25) is 4.90 Å². The highest BCUT2D eigenvalue weighted by molar-refractivity contribution is 7.90. The second-order valence-corrected chi connectivity index (χ2v) is 11.0. The molecule has 2 aromatic rings. The molecule has 6 nitrogen and oxygen atoms in total. The molecule has 1 aliphatic heterocycles. The fourth-order valence-electron chi connectivity index (χ4n) is 3.27. The maximum Gasteiger partial charge on any atom is 0.240 e. The van der Waals surface area contributed by atoms with Crippen molar-refractivity contribution >= 4 is 19.9 Å². The third-order valence-corrected chi connectivity index (χ3v) is 7.45. The van der Waals surface area contributed by atoms with E-state index >= 15 is 0 Å². The molecule has 1 fully saturated rings. The Hall–Kier alpha value is -1.74. The van der Waals surface area contributed by atoms with Crippen molar-refractivity contribution in [2.45, 2.75) is 42.1 Å². The molecule has 0 radical (unpaired) electrons. The standard InChI is InChI=1S/C20H26N2O4S2/c1-27(23,24)19-9-11-20(12-10-19)28(25,26)21-15-17-5-7-18(8-6-17)16-22-13-3-2-4-14-22/h5-12,21H,2-4,13-16H2,1H3. The van der Waals surface area contributed by atoms with Gasteiger partial charge in [-0.05, 0) is 61.3 Å². The molecule has 0 bridgehead atoms. The van der Waals surface area contributed by atoms with Crippen LogP contribution in [0.1, 0.15) is 30.4 Å². The first-order valence-electron chi connectivity index (χ1n) is 9.34. The minimum absolute atomic E-state index is 0.0432. The van der Waals surface area contributed by atoms with Gasteiger partial charge in [-0.1, -0.05) is 30.7 Å². The second-order valence-electron chi connectivity index (χ2n) is 7.22. The van der Waals surface area contributed by atoms with Crippen LogP contribution in [0.15, 0.2) is 58.3 Å². The predicted octanol–water partition coefficient (Wildman–Crippen LogP) is 2.55. The van der Waals surface area contributed by atoms with Crippen molar-refractivity contribution in [2.75, 3.05) is 19.3 Å². The molecular formula is C20H26N2O4S2. The summed E-state index contributed by atoms with van der Waals surface area (Å²) in [5, 5.41) is 0. The topological polar surface area (TPSA) is 83.5 Å². The van der Waals surface area contributed by atoms with Crippen molar-refractivity contribution in [1.82, 2.24) is 9.62 Å². The van der Waals surface area contributed by atoms with Gasteiger partial charge in [0.05, 0.1) is 9.79 Å². The van der Waals surface area contributed by atoms with E-state index in [1.54, 1.807) is 0 Å². The Labute approximate surface area is 167 Å². The summed E-state index contributed by atoms with van der Waals surface area (Å²) in [5.74, 6) is 0. The first-order valence-corrected chi connectivity index (χ1v) is 12.7. The highest BCUT2D eigenvalue weighted by atomic mass is 32.2. The molecule has 0 saturated carbocycles. The van der Waals surface area contributed by atoms with E-state index in [-0.39, 0.29) is 16.3 Å². The van der Waals surface area contributed by atoms with Crippen LogP contribution in [0.2, 0.25) is 0 Å². The summed E-state index contributed by atoms with van der Waals surface area (Å²) in [5.41, 5.74) is 2.10. The monoisotopic (exact) mass is 422 g/mol. The smallest absolute Gasteiger partial charge is 0.240 e. The van der Waals surface area contributed by atoms with Crippen molar-refractivity contribution in [2.24, 2.45) is 0 Å². The lowest BCUT2D eigenvalue weighted by Crippen LogP contribution is -2.29. The van der Waals surface area contributed by atoms with Crippen LogP contribution in [0.3, 0.4) is 0 Å². The lowest BCUT2D eigenvalue weighted by Gasteiger charge is -2.26.